The van der Waals surface area contributed by atoms with E-state index in [9.17, 15) is 0 Å². The van der Waals surface area contributed by atoms with Gasteiger partial charge in [0, 0.05) is 12.3 Å². The van der Waals surface area contributed by atoms with Crippen molar-refractivity contribution in [3.63, 3.8) is 0 Å². The number of hydrogen-bond acceptors (Lipinski definition) is 2. The molecule has 2 N–H and O–H groups in total. The Labute approximate surface area is 116 Å². The van der Waals surface area contributed by atoms with E-state index in [1.807, 2.05) is 0 Å². The van der Waals surface area contributed by atoms with Gasteiger partial charge in [-0.25, -0.2) is 0 Å². The number of hydrazone groups is 1. The summed E-state index contributed by atoms with van der Waals surface area (Å²) >= 11 is 5.09. The van der Waals surface area contributed by atoms with E-state index < -0.39 is 0 Å². The summed E-state index contributed by atoms with van der Waals surface area (Å²) < 4.78 is 0. The highest BCUT2D eigenvalue weighted by Gasteiger charge is 2.27. The lowest BCUT2D eigenvalue weighted by Gasteiger charge is -2.34. The van der Waals surface area contributed by atoms with Gasteiger partial charge in [0.15, 0.2) is 5.11 Å². The zero-order chi connectivity index (χ0) is 13.6. The normalized spacial score (nSPS) is 20.2. The van der Waals surface area contributed by atoms with Crippen molar-refractivity contribution < 1.29 is 0 Å². The highest BCUT2D eigenvalue weighted by Crippen LogP contribution is 2.36. The minimum Gasteiger partial charge on any atom is -0.358 e. The molecule has 0 spiro atoms. The van der Waals surface area contributed by atoms with Crippen molar-refractivity contribution in [2.45, 2.75) is 46.5 Å². The summed E-state index contributed by atoms with van der Waals surface area (Å²) in [5.41, 5.74) is 4.55. The van der Waals surface area contributed by atoms with E-state index in [1.54, 1.807) is 6.08 Å². The molecule has 0 aromatic carbocycles. The summed E-state index contributed by atoms with van der Waals surface area (Å²) in [7, 11) is 0. The molecule has 3 nitrogen and oxygen atoms in total. The van der Waals surface area contributed by atoms with Gasteiger partial charge >= 0.3 is 0 Å². The third-order valence-corrected chi connectivity index (χ3v) is 3.75. The molecule has 0 unspecified atom stereocenters. The molecule has 0 heterocycles. The summed E-state index contributed by atoms with van der Waals surface area (Å²) in [4.78, 5) is 0. The molecule has 0 aliphatic heterocycles. The van der Waals surface area contributed by atoms with Gasteiger partial charge in [0.2, 0.25) is 0 Å². The minimum atomic E-state index is 0.416. The van der Waals surface area contributed by atoms with Gasteiger partial charge in [-0.3, -0.25) is 5.43 Å². The van der Waals surface area contributed by atoms with Crippen LogP contribution in [-0.2, 0) is 0 Å². The minimum absolute atomic E-state index is 0.416. The van der Waals surface area contributed by atoms with Crippen LogP contribution < -0.4 is 10.7 Å². The molecule has 0 radical (unpaired) electrons. The topological polar surface area (TPSA) is 36.4 Å². The van der Waals surface area contributed by atoms with Crippen molar-refractivity contribution in [2.75, 3.05) is 6.54 Å². The lowest BCUT2D eigenvalue weighted by Crippen LogP contribution is -2.33. The van der Waals surface area contributed by atoms with Crippen LogP contribution >= 0.6 is 12.2 Å². The fraction of sp³-hybridized carbons (Fsp3) is 0.714. The van der Waals surface area contributed by atoms with Crippen LogP contribution in [0, 0.1) is 11.3 Å². The Morgan fingerprint density at radius 1 is 1.44 bits per heavy atom. The zero-order valence-electron chi connectivity index (χ0n) is 11.8. The SMILES string of the molecule is C=CCNC(=S)NN=C1CCC(C(C)(C)C)CC1. The lowest BCUT2D eigenvalue weighted by atomic mass is 9.72. The Balaban J connectivity index is 2.34. The van der Waals surface area contributed by atoms with Crippen LogP contribution in [0.25, 0.3) is 0 Å². The molecule has 1 aliphatic carbocycles. The number of hydrogen-bond donors (Lipinski definition) is 2. The molecule has 0 atom stereocenters. The maximum absolute atomic E-state index is 5.09. The number of thiocarbonyl (C=S) groups is 1. The van der Waals surface area contributed by atoms with Gasteiger partial charge in [-0.1, -0.05) is 26.8 Å². The maximum atomic E-state index is 5.09. The molecule has 1 saturated carbocycles. The molecule has 1 aliphatic rings. The van der Waals surface area contributed by atoms with E-state index in [-0.39, 0.29) is 0 Å². The van der Waals surface area contributed by atoms with Crippen LogP contribution in [0.4, 0.5) is 0 Å². The maximum Gasteiger partial charge on any atom is 0.187 e. The van der Waals surface area contributed by atoms with Crippen molar-refractivity contribution >= 4 is 23.0 Å². The summed E-state index contributed by atoms with van der Waals surface area (Å²) in [5, 5.41) is 7.95. The number of nitrogens with zero attached hydrogens (tertiary/aromatic N) is 1. The van der Waals surface area contributed by atoms with Crippen LogP contribution in [0.15, 0.2) is 17.8 Å². The molecule has 0 saturated heterocycles. The van der Waals surface area contributed by atoms with Crippen molar-refractivity contribution in [2.24, 2.45) is 16.4 Å². The average Bonchev–Trinajstić information content (AvgIpc) is 2.33. The second kappa shape index (κ2) is 6.88. The summed E-state index contributed by atoms with van der Waals surface area (Å²) in [6.07, 6.45) is 6.40. The highest BCUT2D eigenvalue weighted by atomic mass is 32.1. The molecule has 0 amide bonds. The largest absolute Gasteiger partial charge is 0.358 e. The van der Waals surface area contributed by atoms with Crippen molar-refractivity contribution in [3.05, 3.63) is 12.7 Å². The van der Waals surface area contributed by atoms with Crippen LogP contribution in [0.5, 0.6) is 0 Å². The summed E-state index contributed by atoms with van der Waals surface area (Å²) in [5.74, 6) is 0.808. The lowest BCUT2D eigenvalue weighted by molar-refractivity contribution is 0.208. The first kappa shape index (κ1) is 15.2. The molecule has 102 valence electrons. The Morgan fingerprint density at radius 2 is 2.06 bits per heavy atom. The molecular formula is C14H25N3S. The summed E-state index contributed by atoms with van der Waals surface area (Å²) in [6, 6.07) is 0. The van der Waals surface area contributed by atoms with Crippen molar-refractivity contribution in [1.29, 1.82) is 0 Å². The van der Waals surface area contributed by atoms with Crippen molar-refractivity contribution in [3.8, 4) is 0 Å². The van der Waals surface area contributed by atoms with E-state index in [1.165, 1.54) is 18.6 Å². The quantitative estimate of drug-likeness (QED) is 0.468. The van der Waals surface area contributed by atoms with E-state index in [2.05, 4.69) is 43.2 Å². The monoisotopic (exact) mass is 267 g/mol. The van der Waals surface area contributed by atoms with Crippen molar-refractivity contribution in [1.82, 2.24) is 10.7 Å². The predicted octanol–water partition coefficient (Wildman–Crippen LogP) is 3.23. The first-order valence-corrected chi connectivity index (χ1v) is 7.04. The van der Waals surface area contributed by atoms with Gasteiger partial charge in [-0.05, 0) is 49.2 Å². The number of nitrogens with one attached hydrogen (secondary N) is 2. The molecule has 0 aromatic rings. The fourth-order valence-corrected chi connectivity index (χ4v) is 2.39. The Bertz CT molecular complexity index is 318. The van der Waals surface area contributed by atoms with E-state index in [0.717, 1.165) is 18.8 Å². The van der Waals surface area contributed by atoms with Gasteiger partial charge in [0.05, 0.1) is 0 Å². The fourth-order valence-electron chi connectivity index (χ4n) is 2.26. The molecular weight excluding hydrogens is 242 g/mol. The highest BCUT2D eigenvalue weighted by molar-refractivity contribution is 7.80. The van der Waals surface area contributed by atoms with Crippen LogP contribution in [0.2, 0.25) is 0 Å². The number of rotatable bonds is 3. The van der Waals surface area contributed by atoms with Gasteiger partial charge in [-0.2, -0.15) is 5.10 Å². The van der Waals surface area contributed by atoms with E-state index >= 15 is 0 Å². The summed E-state index contributed by atoms with van der Waals surface area (Å²) in [6.45, 7) is 11.3. The molecule has 4 heteroatoms. The van der Waals surface area contributed by atoms with E-state index in [0.29, 0.717) is 17.1 Å². The third kappa shape index (κ3) is 5.17. The Kier molecular flexibility index (Phi) is 5.79. The van der Waals surface area contributed by atoms with Crippen LogP contribution in [-0.4, -0.2) is 17.4 Å². The van der Waals surface area contributed by atoms with Gasteiger partial charge in [-0.15, -0.1) is 6.58 Å². The predicted molar refractivity (Wildman–Crippen MR) is 82.8 cm³/mol. The molecule has 0 aromatic heterocycles. The second-order valence-corrected chi connectivity index (χ2v) is 6.34. The third-order valence-electron chi connectivity index (χ3n) is 3.51. The van der Waals surface area contributed by atoms with Crippen LogP contribution in [0.3, 0.4) is 0 Å². The van der Waals surface area contributed by atoms with Gasteiger partial charge in [0.1, 0.15) is 0 Å². The zero-order valence-corrected chi connectivity index (χ0v) is 12.6. The van der Waals surface area contributed by atoms with Crippen LogP contribution in [0.1, 0.15) is 46.5 Å². The van der Waals surface area contributed by atoms with Gasteiger partial charge < -0.3 is 5.32 Å². The van der Waals surface area contributed by atoms with E-state index in [4.69, 9.17) is 12.2 Å². The molecule has 18 heavy (non-hydrogen) atoms. The first-order chi connectivity index (χ1) is 8.43. The molecule has 0 bridgehead atoms. The Hall–Kier alpha value is -0.900. The van der Waals surface area contributed by atoms with Gasteiger partial charge in [0.25, 0.3) is 0 Å². The first-order valence-electron chi connectivity index (χ1n) is 6.63. The molecule has 1 rings (SSSR count). The standard InChI is InChI=1S/C14H25N3S/c1-5-10-15-13(18)17-16-12-8-6-11(7-9-12)14(2,3)4/h5,11H,1,6-10H2,2-4H3,(H2,15,17,18). The molecule has 1 fully saturated rings. The smallest absolute Gasteiger partial charge is 0.187 e. The average molecular weight is 267 g/mol. The second-order valence-electron chi connectivity index (χ2n) is 5.93. The Morgan fingerprint density at radius 3 is 2.56 bits per heavy atom.